The minimum Gasteiger partial charge on any atom is -0.493 e. The Morgan fingerprint density at radius 1 is 1.15 bits per heavy atom. The zero-order valence-corrected chi connectivity index (χ0v) is 15.5. The van der Waals surface area contributed by atoms with E-state index < -0.39 is 12.0 Å². The molecule has 0 aliphatic rings. The molecule has 140 valence electrons. The van der Waals surface area contributed by atoms with Gasteiger partial charge in [-0.25, -0.2) is 4.79 Å². The second kappa shape index (κ2) is 8.96. The van der Waals surface area contributed by atoms with E-state index in [0.29, 0.717) is 28.3 Å². The number of nitrogens with two attached hydrogens (primary N) is 1. The molecular formula is C18H22ClN3O4. The molecule has 0 radical (unpaired) electrons. The average molecular weight is 380 g/mol. The number of halogens is 1. The number of rotatable bonds is 7. The molecule has 0 heterocycles. The Bertz CT molecular complexity index is 794. The fourth-order valence-electron chi connectivity index (χ4n) is 2.49. The van der Waals surface area contributed by atoms with E-state index in [9.17, 15) is 9.90 Å². The summed E-state index contributed by atoms with van der Waals surface area (Å²) in [6.07, 6.45) is 0. The fourth-order valence-corrected chi connectivity index (χ4v) is 2.49. The maximum Gasteiger partial charge on any atom is 0.330 e. The summed E-state index contributed by atoms with van der Waals surface area (Å²) >= 11 is 0. The van der Waals surface area contributed by atoms with Crippen LogP contribution in [0.3, 0.4) is 0 Å². The molecule has 7 nitrogen and oxygen atoms in total. The van der Waals surface area contributed by atoms with E-state index in [2.05, 4.69) is 5.32 Å². The first-order valence-electron chi connectivity index (χ1n) is 7.53. The van der Waals surface area contributed by atoms with Crippen LogP contribution in [0.4, 0.5) is 5.69 Å². The molecule has 0 saturated carbocycles. The molecule has 0 saturated heterocycles. The minimum absolute atomic E-state index is 0. The van der Waals surface area contributed by atoms with Crippen LogP contribution in [-0.2, 0) is 4.79 Å². The summed E-state index contributed by atoms with van der Waals surface area (Å²) in [7, 11) is 3.03. The van der Waals surface area contributed by atoms with Crippen LogP contribution in [0.15, 0.2) is 36.4 Å². The summed E-state index contributed by atoms with van der Waals surface area (Å²) in [5.41, 5.74) is 7.93. The molecule has 5 N–H and O–H groups in total. The molecule has 1 unspecified atom stereocenters. The van der Waals surface area contributed by atoms with Crippen LogP contribution in [0.2, 0.25) is 0 Å². The van der Waals surface area contributed by atoms with Gasteiger partial charge in [0.15, 0.2) is 17.5 Å². The lowest BCUT2D eigenvalue weighted by atomic mass is 9.99. The van der Waals surface area contributed by atoms with Gasteiger partial charge in [0, 0.05) is 11.3 Å². The van der Waals surface area contributed by atoms with Gasteiger partial charge in [0.1, 0.15) is 5.84 Å². The van der Waals surface area contributed by atoms with Crippen molar-refractivity contribution in [3.63, 3.8) is 0 Å². The van der Waals surface area contributed by atoms with E-state index in [0.717, 1.165) is 5.56 Å². The van der Waals surface area contributed by atoms with Crippen molar-refractivity contribution < 1.29 is 19.4 Å². The smallest absolute Gasteiger partial charge is 0.330 e. The molecule has 0 aliphatic heterocycles. The Morgan fingerprint density at radius 2 is 1.69 bits per heavy atom. The number of aliphatic carboxylic acids is 1. The lowest BCUT2D eigenvalue weighted by Gasteiger charge is -2.20. The molecule has 0 spiro atoms. The summed E-state index contributed by atoms with van der Waals surface area (Å²) in [6.45, 7) is 1.81. The number of amidine groups is 1. The van der Waals surface area contributed by atoms with E-state index in [1.165, 1.54) is 14.2 Å². The second-order valence-corrected chi connectivity index (χ2v) is 5.47. The van der Waals surface area contributed by atoms with E-state index in [1.807, 2.05) is 6.92 Å². The van der Waals surface area contributed by atoms with Crippen molar-refractivity contribution in [3.05, 3.63) is 53.1 Å². The van der Waals surface area contributed by atoms with Crippen molar-refractivity contribution in [2.75, 3.05) is 19.5 Å². The Hall–Kier alpha value is -2.93. The molecule has 1 atom stereocenters. The second-order valence-electron chi connectivity index (χ2n) is 5.47. The average Bonchev–Trinajstić information content (AvgIpc) is 2.59. The lowest BCUT2D eigenvalue weighted by Crippen LogP contribution is -2.21. The third-order valence-electron chi connectivity index (χ3n) is 3.84. The molecule has 8 heteroatoms. The molecule has 2 rings (SSSR count). The van der Waals surface area contributed by atoms with Crippen molar-refractivity contribution in [1.82, 2.24) is 0 Å². The number of nitrogens with one attached hydrogen (secondary N) is 2. The van der Waals surface area contributed by atoms with Crippen molar-refractivity contribution >= 4 is 29.9 Å². The van der Waals surface area contributed by atoms with Gasteiger partial charge >= 0.3 is 5.97 Å². The monoisotopic (exact) mass is 379 g/mol. The molecular weight excluding hydrogens is 358 g/mol. The zero-order valence-electron chi connectivity index (χ0n) is 14.7. The summed E-state index contributed by atoms with van der Waals surface area (Å²) in [5.74, 6) is -0.0650. The number of nitrogen functional groups attached to an aromatic ring is 1. The van der Waals surface area contributed by atoms with E-state index in [-0.39, 0.29) is 18.2 Å². The minimum atomic E-state index is -1.02. The standard InChI is InChI=1S/C18H21N3O4.ClH/c1-10-8-14(24-2)15(25-3)9-13(10)16(18(22)23)21-12-6-4-11(5-7-12)17(19)20;/h4-9,16,21H,1-3H3,(H3,19,20)(H,22,23);1H. The first kappa shape index (κ1) is 21.1. The number of ether oxygens (including phenoxy) is 2. The first-order chi connectivity index (χ1) is 11.9. The molecule has 0 amide bonds. The van der Waals surface area contributed by atoms with Gasteiger partial charge in [-0.1, -0.05) is 0 Å². The molecule has 0 aromatic heterocycles. The topological polar surface area (TPSA) is 118 Å². The molecule has 2 aromatic rings. The van der Waals surface area contributed by atoms with Crippen LogP contribution in [0, 0.1) is 12.3 Å². The number of methoxy groups -OCH3 is 2. The third kappa shape index (κ3) is 4.58. The van der Waals surface area contributed by atoms with Gasteiger partial charge in [-0.05, 0) is 54.4 Å². The highest BCUT2D eigenvalue weighted by molar-refractivity contribution is 5.95. The van der Waals surface area contributed by atoms with Crippen LogP contribution < -0.4 is 20.5 Å². The Balaban J connectivity index is 0.00000338. The number of carboxylic acid groups (broad SMARTS) is 1. The fraction of sp³-hybridized carbons (Fsp3) is 0.222. The molecule has 0 aliphatic carbocycles. The number of aryl methyl sites for hydroxylation is 1. The van der Waals surface area contributed by atoms with Gasteiger partial charge in [0.25, 0.3) is 0 Å². The van der Waals surface area contributed by atoms with E-state index in [1.54, 1.807) is 36.4 Å². The predicted molar refractivity (Wildman–Crippen MR) is 103 cm³/mol. The highest BCUT2D eigenvalue weighted by atomic mass is 35.5. The maximum absolute atomic E-state index is 11.8. The van der Waals surface area contributed by atoms with Crippen LogP contribution in [-0.4, -0.2) is 31.1 Å². The number of carboxylic acids is 1. The highest BCUT2D eigenvalue weighted by Crippen LogP contribution is 2.34. The van der Waals surface area contributed by atoms with Crippen LogP contribution in [0.25, 0.3) is 0 Å². The number of benzene rings is 2. The van der Waals surface area contributed by atoms with Crippen LogP contribution in [0.1, 0.15) is 22.7 Å². The van der Waals surface area contributed by atoms with Crippen molar-refractivity contribution in [3.8, 4) is 11.5 Å². The van der Waals surface area contributed by atoms with Crippen molar-refractivity contribution in [2.45, 2.75) is 13.0 Å². The van der Waals surface area contributed by atoms with Gasteiger partial charge < -0.3 is 25.6 Å². The lowest BCUT2D eigenvalue weighted by molar-refractivity contribution is -0.138. The summed E-state index contributed by atoms with van der Waals surface area (Å²) in [5, 5.41) is 20.0. The normalized spacial score (nSPS) is 11.0. The van der Waals surface area contributed by atoms with Crippen molar-refractivity contribution in [1.29, 1.82) is 5.41 Å². The molecule has 26 heavy (non-hydrogen) atoms. The molecule has 0 bridgehead atoms. The van der Waals surface area contributed by atoms with E-state index in [4.69, 9.17) is 20.6 Å². The number of hydrogen-bond donors (Lipinski definition) is 4. The van der Waals surface area contributed by atoms with Gasteiger partial charge in [0.05, 0.1) is 14.2 Å². The van der Waals surface area contributed by atoms with Gasteiger partial charge in [-0.15, -0.1) is 12.4 Å². The predicted octanol–water partition coefficient (Wildman–Crippen LogP) is 2.96. The Kier molecular flexibility index (Phi) is 7.28. The number of carbonyl (C=O) groups is 1. The zero-order chi connectivity index (χ0) is 18.6. The largest absolute Gasteiger partial charge is 0.493 e. The van der Waals surface area contributed by atoms with Gasteiger partial charge in [0.2, 0.25) is 0 Å². The van der Waals surface area contributed by atoms with Gasteiger partial charge in [-0.3, -0.25) is 5.41 Å². The third-order valence-corrected chi connectivity index (χ3v) is 3.84. The summed E-state index contributed by atoms with van der Waals surface area (Å²) < 4.78 is 10.5. The Labute approximate surface area is 158 Å². The number of anilines is 1. The van der Waals surface area contributed by atoms with Crippen LogP contribution >= 0.6 is 12.4 Å². The Morgan fingerprint density at radius 3 is 2.15 bits per heavy atom. The van der Waals surface area contributed by atoms with Crippen molar-refractivity contribution in [2.24, 2.45) is 5.73 Å². The van der Waals surface area contributed by atoms with E-state index >= 15 is 0 Å². The quantitative estimate of drug-likeness (QED) is 0.434. The van der Waals surface area contributed by atoms with Gasteiger partial charge in [-0.2, -0.15) is 0 Å². The highest BCUT2D eigenvalue weighted by Gasteiger charge is 2.23. The first-order valence-corrected chi connectivity index (χ1v) is 7.53. The molecule has 2 aromatic carbocycles. The summed E-state index contributed by atoms with van der Waals surface area (Å²) in [4.78, 5) is 11.8. The summed E-state index contributed by atoms with van der Waals surface area (Å²) in [6, 6.07) is 9.11. The number of hydrogen-bond acceptors (Lipinski definition) is 5. The SMILES string of the molecule is COc1cc(C)c(C(Nc2ccc(C(=N)N)cc2)C(=O)O)cc1OC.Cl. The molecule has 0 fully saturated rings. The van der Waals surface area contributed by atoms with Crippen LogP contribution in [0.5, 0.6) is 11.5 Å². The maximum atomic E-state index is 11.8.